The molecular formula is C38H36F4N2O2S2. The third-order valence-corrected chi connectivity index (χ3v) is 8.69. The van der Waals surface area contributed by atoms with E-state index >= 15 is 0 Å². The van der Waals surface area contributed by atoms with Gasteiger partial charge in [-0.05, 0) is 114 Å². The second kappa shape index (κ2) is 19.0. The fraction of sp³-hybridized carbons (Fsp3) is 0.316. The van der Waals surface area contributed by atoms with Crippen molar-refractivity contribution in [3.05, 3.63) is 96.1 Å². The van der Waals surface area contributed by atoms with Gasteiger partial charge in [0.25, 0.3) is 0 Å². The highest BCUT2D eigenvalue weighted by Crippen LogP contribution is 2.32. The van der Waals surface area contributed by atoms with Crippen molar-refractivity contribution in [2.24, 2.45) is 10.9 Å². The molecule has 0 aliphatic carbocycles. The van der Waals surface area contributed by atoms with Crippen molar-refractivity contribution in [2.75, 3.05) is 13.2 Å². The Morgan fingerprint density at radius 2 is 1.10 bits per heavy atom. The molecule has 0 aromatic heterocycles. The zero-order valence-corrected chi connectivity index (χ0v) is 28.2. The van der Waals surface area contributed by atoms with Crippen LogP contribution in [0.3, 0.4) is 0 Å². The van der Waals surface area contributed by atoms with Gasteiger partial charge in [-0.15, -0.1) is 0 Å². The molecule has 0 bridgehead atoms. The summed E-state index contributed by atoms with van der Waals surface area (Å²) in [5.41, 5.74) is 1.70. The van der Waals surface area contributed by atoms with Gasteiger partial charge in [0, 0.05) is 0 Å². The fourth-order valence-corrected chi connectivity index (χ4v) is 5.80. The van der Waals surface area contributed by atoms with Gasteiger partial charge >= 0.3 is 0 Å². The molecule has 0 amide bonds. The molecule has 10 heteroatoms. The van der Waals surface area contributed by atoms with Gasteiger partial charge in [-0.1, -0.05) is 69.7 Å². The van der Waals surface area contributed by atoms with Crippen molar-refractivity contribution in [1.82, 2.24) is 0 Å². The quantitative estimate of drug-likeness (QED) is 0.0259. The van der Waals surface area contributed by atoms with Crippen LogP contribution < -0.4 is 9.47 Å². The third kappa shape index (κ3) is 10.9. The summed E-state index contributed by atoms with van der Waals surface area (Å²) >= 11 is 4.91. The second-order valence-corrected chi connectivity index (χ2v) is 12.5. The molecular weight excluding hydrogens is 657 g/mol. The van der Waals surface area contributed by atoms with Crippen molar-refractivity contribution in [1.29, 1.82) is 5.26 Å². The zero-order chi connectivity index (χ0) is 34.3. The van der Waals surface area contributed by atoms with Crippen LogP contribution in [0, 0.1) is 39.8 Å². The normalized spacial score (nSPS) is 11.4. The molecule has 0 aliphatic heterocycles. The van der Waals surface area contributed by atoms with Crippen molar-refractivity contribution in [3.63, 3.8) is 0 Å². The number of benzene rings is 4. The average Bonchev–Trinajstić information content (AvgIpc) is 3.08. The Morgan fingerprint density at radius 1 is 0.667 bits per heavy atom. The third-order valence-electron chi connectivity index (χ3n) is 7.92. The minimum atomic E-state index is -0.790. The topological polar surface area (TPSA) is 54.6 Å². The molecule has 0 saturated heterocycles. The summed E-state index contributed by atoms with van der Waals surface area (Å²) in [5, 5.41) is 12.4. The first-order chi connectivity index (χ1) is 23.3. The van der Waals surface area contributed by atoms with Gasteiger partial charge in [-0.2, -0.15) is 10.3 Å². The van der Waals surface area contributed by atoms with E-state index in [0.29, 0.717) is 64.6 Å². The number of thioether (sulfide) groups is 1. The summed E-state index contributed by atoms with van der Waals surface area (Å²) in [4.78, 5) is 3.15. The van der Waals surface area contributed by atoms with E-state index in [1.54, 1.807) is 53.9 Å². The summed E-state index contributed by atoms with van der Waals surface area (Å²) in [6, 6.07) is 19.2. The lowest BCUT2D eigenvalue weighted by atomic mass is 9.97. The number of ether oxygens (including phenoxy) is 2. The Hall–Kier alpha value is -4.16. The Kier molecular flexibility index (Phi) is 14.5. The van der Waals surface area contributed by atoms with E-state index in [0.717, 1.165) is 38.5 Å². The molecule has 0 aliphatic rings. The Labute approximate surface area is 288 Å². The molecule has 4 rings (SSSR count). The van der Waals surface area contributed by atoms with Crippen molar-refractivity contribution in [3.8, 4) is 39.2 Å². The Morgan fingerprint density at radius 3 is 1.52 bits per heavy atom. The lowest BCUT2D eigenvalue weighted by Crippen LogP contribution is -2.00. The lowest BCUT2D eigenvalue weighted by Gasteiger charge is -2.12. The van der Waals surface area contributed by atoms with Crippen LogP contribution in [0.2, 0.25) is 0 Å². The standard InChI is InChI=1S/C38H36F4N2O2S2/c1-26(8-4-2-6-18-45-31-14-10-27(11-15-31)29-20-33(39)37(44-25-47)34(40)21-29)9-5-3-7-19-46-32-16-12-28(13-17-32)30-22-35(41)38(48-24-43)36(42)23-30/h10-17,20-23,26H,2-9,18-19H2,1H3. The molecule has 0 spiro atoms. The highest BCUT2D eigenvalue weighted by Gasteiger charge is 2.14. The molecule has 0 fully saturated rings. The number of isothiocyanates is 1. The van der Waals surface area contributed by atoms with Crippen LogP contribution >= 0.6 is 24.0 Å². The molecule has 0 radical (unpaired) electrons. The SMILES string of the molecule is CC(CCCCCOc1ccc(-c2cc(F)c(N=C=S)c(F)c2)cc1)CCCCCOc1ccc(-c2cc(F)c(SC#N)c(F)c2)cc1. The number of thiocarbonyl (C=S) groups is 1. The first-order valence-corrected chi connectivity index (χ1v) is 17.1. The number of nitrogens with zero attached hydrogens (tertiary/aromatic N) is 2. The lowest BCUT2D eigenvalue weighted by molar-refractivity contribution is 0.298. The molecule has 48 heavy (non-hydrogen) atoms. The fourth-order valence-electron chi connectivity index (χ4n) is 5.31. The monoisotopic (exact) mass is 692 g/mol. The number of unbranched alkanes of at least 4 members (excludes halogenated alkanes) is 4. The maximum atomic E-state index is 14.2. The zero-order valence-electron chi connectivity index (χ0n) is 26.6. The molecule has 4 aromatic rings. The smallest absolute Gasteiger partial charge is 0.153 e. The summed E-state index contributed by atoms with van der Waals surface area (Å²) in [7, 11) is 0. The number of rotatable bonds is 18. The van der Waals surface area contributed by atoms with E-state index in [9.17, 15) is 17.6 Å². The summed E-state index contributed by atoms with van der Waals surface area (Å²) in [6.07, 6.45) is 8.70. The predicted octanol–water partition coefficient (Wildman–Crippen LogP) is 12.1. The minimum absolute atomic E-state index is 0.293. The van der Waals surface area contributed by atoms with E-state index in [4.69, 9.17) is 14.7 Å². The summed E-state index contributed by atoms with van der Waals surface area (Å²) in [6.45, 7) is 3.50. The summed E-state index contributed by atoms with van der Waals surface area (Å²) in [5.74, 6) is -1.02. The number of aliphatic imine (C=N–C) groups is 1. The van der Waals surface area contributed by atoms with E-state index in [1.807, 2.05) is 5.16 Å². The van der Waals surface area contributed by atoms with Crippen molar-refractivity contribution >= 4 is 34.8 Å². The van der Waals surface area contributed by atoms with Gasteiger partial charge in [-0.25, -0.2) is 17.6 Å². The van der Waals surface area contributed by atoms with Gasteiger partial charge in [0.05, 0.1) is 23.3 Å². The highest BCUT2D eigenvalue weighted by atomic mass is 32.2. The van der Waals surface area contributed by atoms with Gasteiger partial charge in [0.2, 0.25) is 0 Å². The van der Waals surface area contributed by atoms with Crippen LogP contribution in [-0.2, 0) is 0 Å². The maximum Gasteiger partial charge on any atom is 0.153 e. The summed E-state index contributed by atoms with van der Waals surface area (Å²) < 4.78 is 68.3. The van der Waals surface area contributed by atoms with E-state index in [-0.39, 0.29) is 4.90 Å². The predicted molar refractivity (Wildman–Crippen MR) is 187 cm³/mol. The highest BCUT2D eigenvalue weighted by molar-refractivity contribution is 8.03. The van der Waals surface area contributed by atoms with Crippen LogP contribution in [0.4, 0.5) is 23.2 Å². The van der Waals surface area contributed by atoms with Gasteiger partial charge in [0.1, 0.15) is 34.2 Å². The molecule has 250 valence electrons. The van der Waals surface area contributed by atoms with Crippen LogP contribution in [-0.4, -0.2) is 18.4 Å². The number of hydrogen-bond donors (Lipinski definition) is 0. The van der Waals surface area contributed by atoms with Crippen LogP contribution in [0.15, 0.2) is 82.7 Å². The number of thiocyanates is 1. The Bertz CT molecular complexity index is 1690. The molecule has 0 heterocycles. The van der Waals surface area contributed by atoms with Gasteiger partial charge in [0.15, 0.2) is 11.6 Å². The van der Waals surface area contributed by atoms with Crippen LogP contribution in [0.5, 0.6) is 11.5 Å². The first-order valence-electron chi connectivity index (χ1n) is 15.9. The largest absolute Gasteiger partial charge is 0.494 e. The van der Waals surface area contributed by atoms with Crippen LogP contribution in [0.25, 0.3) is 22.3 Å². The van der Waals surface area contributed by atoms with Gasteiger partial charge < -0.3 is 9.47 Å². The van der Waals surface area contributed by atoms with Gasteiger partial charge in [-0.3, -0.25) is 0 Å². The molecule has 0 N–H and O–H groups in total. The van der Waals surface area contributed by atoms with Crippen molar-refractivity contribution in [2.45, 2.75) is 63.2 Å². The molecule has 4 aromatic carbocycles. The maximum absolute atomic E-state index is 14.2. The molecule has 1 unspecified atom stereocenters. The molecule has 4 nitrogen and oxygen atoms in total. The number of nitriles is 1. The van der Waals surface area contributed by atoms with E-state index in [1.165, 1.54) is 37.1 Å². The molecule has 0 saturated carbocycles. The Balaban J connectivity index is 1.04. The second-order valence-electron chi connectivity index (χ2n) is 11.5. The first kappa shape index (κ1) is 36.7. The van der Waals surface area contributed by atoms with E-state index in [2.05, 4.69) is 24.1 Å². The van der Waals surface area contributed by atoms with E-state index < -0.39 is 29.0 Å². The molecule has 1 atom stereocenters. The van der Waals surface area contributed by atoms with Crippen molar-refractivity contribution < 1.29 is 27.0 Å². The average molecular weight is 693 g/mol. The minimum Gasteiger partial charge on any atom is -0.494 e. The number of halogens is 4. The van der Waals surface area contributed by atoms with Crippen LogP contribution in [0.1, 0.15) is 58.3 Å². The number of hydrogen-bond acceptors (Lipinski definition) is 6.